The second kappa shape index (κ2) is 13.4. The molecule has 2 amide bonds. The summed E-state index contributed by atoms with van der Waals surface area (Å²) in [6, 6.07) is 28.1. The van der Waals surface area contributed by atoms with Crippen LogP contribution in [0.3, 0.4) is 0 Å². The number of methoxy groups -OCH3 is 2. The van der Waals surface area contributed by atoms with Crippen LogP contribution in [0.15, 0.2) is 96.0 Å². The number of aldehydes is 1. The predicted molar refractivity (Wildman–Crippen MR) is 205 cm³/mol. The van der Waals surface area contributed by atoms with Gasteiger partial charge >= 0.3 is 0 Å². The van der Waals surface area contributed by atoms with Gasteiger partial charge in [0.05, 0.1) is 48.8 Å². The number of amides is 2. The van der Waals surface area contributed by atoms with Gasteiger partial charge in [-0.15, -0.1) is 0 Å². The maximum atomic E-state index is 13.8. The lowest BCUT2D eigenvalue weighted by atomic mass is 10.1. The summed E-state index contributed by atoms with van der Waals surface area (Å²) in [4.78, 5) is 48.0. The first kappa shape index (κ1) is 33.2. The predicted octanol–water partition coefficient (Wildman–Crippen LogP) is 6.96. The monoisotopic (exact) mass is 720 g/mol. The van der Waals surface area contributed by atoms with Gasteiger partial charge in [0.15, 0.2) is 23.0 Å². The topological polar surface area (TPSA) is 119 Å². The first-order chi connectivity index (χ1) is 26.4. The largest absolute Gasteiger partial charge is 0.493 e. The summed E-state index contributed by atoms with van der Waals surface area (Å²) in [5.74, 6) is 1.45. The van der Waals surface area contributed by atoms with Crippen LogP contribution in [0.25, 0.3) is 0 Å². The lowest BCUT2D eigenvalue weighted by Gasteiger charge is -2.22. The number of carbonyl (C=O) groups is 3. The molecule has 270 valence electrons. The standard InChI is InChI=1S/C43H36N4O7/c1-51-38-16-32-34(44-20-30-14-28-7-3-5-9-36(28)46(30)42(32)49)18-40(38)53-23-26-11-25(22-48)12-27(13-26)24-54-41-19-35-33(17-39(41)52-2)43(50)47-31(21-45-35)15-29-8-4-6-10-37(29)47/h3-13,16-20,22,30-31,45H,14-15,21,23-24H2,1-2H3/t30-,31?/m0/s1. The maximum absolute atomic E-state index is 13.8. The molecule has 4 heterocycles. The molecular weight excluding hydrogens is 684 g/mol. The van der Waals surface area contributed by atoms with E-state index in [-0.39, 0.29) is 37.1 Å². The molecule has 9 rings (SSSR count). The average molecular weight is 721 g/mol. The minimum atomic E-state index is -0.176. The molecule has 0 aliphatic carbocycles. The molecule has 1 unspecified atom stereocenters. The number of rotatable bonds is 9. The summed E-state index contributed by atoms with van der Waals surface area (Å²) in [7, 11) is 3.07. The van der Waals surface area contributed by atoms with Crippen molar-refractivity contribution in [3.63, 3.8) is 0 Å². The van der Waals surface area contributed by atoms with Gasteiger partial charge in [0, 0.05) is 48.3 Å². The van der Waals surface area contributed by atoms with E-state index in [1.54, 1.807) is 48.4 Å². The van der Waals surface area contributed by atoms with Crippen LogP contribution in [-0.4, -0.2) is 57.2 Å². The Bertz CT molecular complexity index is 2390. The smallest absolute Gasteiger partial charge is 0.261 e. The van der Waals surface area contributed by atoms with Gasteiger partial charge in [-0.25, -0.2) is 0 Å². The van der Waals surface area contributed by atoms with Gasteiger partial charge in [0.25, 0.3) is 11.8 Å². The second-order valence-corrected chi connectivity index (χ2v) is 13.7. The number of anilines is 3. The fourth-order valence-electron chi connectivity index (χ4n) is 7.95. The van der Waals surface area contributed by atoms with Crippen LogP contribution in [0.5, 0.6) is 23.0 Å². The first-order valence-corrected chi connectivity index (χ1v) is 17.8. The number of para-hydroxylation sites is 2. The van der Waals surface area contributed by atoms with Crippen LogP contribution in [0.1, 0.15) is 53.3 Å². The van der Waals surface area contributed by atoms with E-state index in [1.807, 2.05) is 59.6 Å². The lowest BCUT2D eigenvalue weighted by Crippen LogP contribution is -2.39. The molecule has 0 spiro atoms. The molecule has 11 nitrogen and oxygen atoms in total. The Morgan fingerprint density at radius 2 is 1.33 bits per heavy atom. The minimum absolute atomic E-state index is 0.00115. The highest BCUT2D eigenvalue weighted by Crippen LogP contribution is 2.42. The van der Waals surface area contributed by atoms with Crippen molar-refractivity contribution in [1.82, 2.24) is 0 Å². The fraction of sp³-hybridized carbons (Fsp3) is 0.209. The van der Waals surface area contributed by atoms with Gasteiger partial charge in [0.1, 0.15) is 19.5 Å². The third-order valence-corrected chi connectivity index (χ3v) is 10.5. The highest BCUT2D eigenvalue weighted by Gasteiger charge is 2.38. The Hall–Kier alpha value is -6.62. The number of nitrogens with one attached hydrogen (secondary N) is 1. The number of aliphatic imine (C=N–C) groups is 1. The van der Waals surface area contributed by atoms with Crippen molar-refractivity contribution in [3.8, 4) is 23.0 Å². The lowest BCUT2D eigenvalue weighted by molar-refractivity contribution is 0.0976. The Morgan fingerprint density at radius 1 is 0.722 bits per heavy atom. The quantitative estimate of drug-likeness (QED) is 0.163. The zero-order valence-electron chi connectivity index (χ0n) is 29.7. The van der Waals surface area contributed by atoms with E-state index in [1.165, 1.54) is 7.11 Å². The molecule has 4 aliphatic rings. The van der Waals surface area contributed by atoms with Gasteiger partial charge in [-0.05, 0) is 71.1 Å². The molecule has 54 heavy (non-hydrogen) atoms. The minimum Gasteiger partial charge on any atom is -0.493 e. The third kappa shape index (κ3) is 5.69. The molecule has 0 saturated heterocycles. The van der Waals surface area contributed by atoms with Crippen molar-refractivity contribution in [1.29, 1.82) is 0 Å². The van der Waals surface area contributed by atoms with Crippen LogP contribution in [-0.2, 0) is 26.1 Å². The number of hydrogen-bond acceptors (Lipinski definition) is 9. The molecule has 5 aromatic carbocycles. The third-order valence-electron chi connectivity index (χ3n) is 10.5. The highest BCUT2D eigenvalue weighted by atomic mass is 16.5. The van der Waals surface area contributed by atoms with Crippen LogP contribution in [0, 0.1) is 0 Å². The van der Waals surface area contributed by atoms with Crippen LogP contribution in [0.4, 0.5) is 22.7 Å². The van der Waals surface area contributed by atoms with Crippen molar-refractivity contribution >= 4 is 47.1 Å². The zero-order valence-corrected chi connectivity index (χ0v) is 29.7. The van der Waals surface area contributed by atoms with Gasteiger partial charge in [0.2, 0.25) is 0 Å². The molecule has 0 saturated carbocycles. The van der Waals surface area contributed by atoms with E-state index < -0.39 is 0 Å². The van der Waals surface area contributed by atoms with Gasteiger partial charge < -0.3 is 29.2 Å². The Morgan fingerprint density at radius 3 is 2.02 bits per heavy atom. The number of carbonyl (C=O) groups excluding carboxylic acids is 3. The summed E-state index contributed by atoms with van der Waals surface area (Å²) in [6.07, 6.45) is 4.08. The van der Waals surface area contributed by atoms with Crippen molar-refractivity contribution in [2.45, 2.75) is 38.1 Å². The Labute approximate surface area is 311 Å². The Balaban J connectivity index is 0.933. The van der Waals surface area contributed by atoms with E-state index in [4.69, 9.17) is 23.9 Å². The number of hydrogen-bond donors (Lipinski definition) is 1. The first-order valence-electron chi connectivity index (χ1n) is 17.8. The molecule has 0 fully saturated rings. The van der Waals surface area contributed by atoms with Gasteiger partial charge in [-0.1, -0.05) is 36.4 Å². The molecule has 0 radical (unpaired) electrons. The maximum Gasteiger partial charge on any atom is 0.261 e. The second-order valence-electron chi connectivity index (χ2n) is 13.7. The summed E-state index contributed by atoms with van der Waals surface area (Å²) >= 11 is 0. The summed E-state index contributed by atoms with van der Waals surface area (Å²) in [6.45, 7) is 0.827. The van der Waals surface area contributed by atoms with E-state index in [0.29, 0.717) is 64.0 Å². The van der Waals surface area contributed by atoms with E-state index >= 15 is 0 Å². The number of fused-ring (bicyclic) bond motifs is 8. The van der Waals surface area contributed by atoms with Crippen LogP contribution < -0.4 is 34.1 Å². The van der Waals surface area contributed by atoms with Crippen LogP contribution >= 0.6 is 0 Å². The van der Waals surface area contributed by atoms with Crippen molar-refractivity contribution in [3.05, 3.63) is 130 Å². The van der Waals surface area contributed by atoms with Crippen molar-refractivity contribution < 1.29 is 33.3 Å². The molecule has 0 aromatic heterocycles. The molecule has 0 bridgehead atoms. The van der Waals surface area contributed by atoms with Gasteiger partial charge in [-0.2, -0.15) is 0 Å². The van der Waals surface area contributed by atoms with E-state index in [2.05, 4.69) is 11.4 Å². The number of nitrogens with zero attached hydrogens (tertiary/aromatic N) is 3. The van der Waals surface area contributed by atoms with E-state index in [9.17, 15) is 14.4 Å². The summed E-state index contributed by atoms with van der Waals surface area (Å²) < 4.78 is 23.9. The van der Waals surface area contributed by atoms with E-state index in [0.717, 1.165) is 46.3 Å². The number of benzene rings is 5. The number of ether oxygens (including phenoxy) is 4. The van der Waals surface area contributed by atoms with Crippen molar-refractivity contribution in [2.24, 2.45) is 4.99 Å². The summed E-state index contributed by atoms with van der Waals surface area (Å²) in [5.41, 5.74) is 8.12. The molecule has 11 heteroatoms. The van der Waals surface area contributed by atoms with Crippen molar-refractivity contribution in [2.75, 3.05) is 35.9 Å². The molecular formula is C43H36N4O7. The highest BCUT2D eigenvalue weighted by molar-refractivity contribution is 6.15. The molecule has 2 atom stereocenters. The molecule has 4 aliphatic heterocycles. The average Bonchev–Trinajstić information content (AvgIpc) is 3.70. The zero-order chi connectivity index (χ0) is 36.9. The Kier molecular flexibility index (Phi) is 8.26. The molecule has 5 aromatic rings. The fourth-order valence-corrected chi connectivity index (χ4v) is 7.95. The SMILES string of the molecule is COc1cc2c(cc1OCc1cc(C=O)cc(COc3cc4c(cc3OC)C(=O)N3c5ccccc5CC3CN4)c1)N=C[C@@H]1Cc3ccccc3N1C2=O. The normalized spacial score (nSPS) is 17.5. The molecule has 1 N–H and O–H groups in total. The van der Waals surface area contributed by atoms with Crippen LogP contribution in [0.2, 0.25) is 0 Å². The summed E-state index contributed by atoms with van der Waals surface area (Å²) in [5, 5.41) is 3.46. The van der Waals surface area contributed by atoms with Gasteiger partial charge in [-0.3, -0.25) is 24.3 Å².